The first kappa shape index (κ1) is 15.4. The third kappa shape index (κ3) is 2.38. The summed E-state index contributed by atoms with van der Waals surface area (Å²) in [4.78, 5) is 0. The fraction of sp³-hybridized carbons (Fsp3) is 0. The Bertz CT molecular complexity index is 1240. The topological polar surface area (TPSA) is 13.1 Å². The third-order valence-corrected chi connectivity index (χ3v) is 5.43. The fourth-order valence-electron chi connectivity index (χ4n) is 3.60. The van der Waals surface area contributed by atoms with E-state index < -0.39 is 0 Å². The zero-order valence-corrected chi connectivity index (χ0v) is 15.5. The van der Waals surface area contributed by atoms with Gasteiger partial charge in [-0.2, -0.15) is 0 Å². The Labute approximate surface area is 160 Å². The molecule has 124 valence electrons. The van der Waals surface area contributed by atoms with Gasteiger partial charge in [0.2, 0.25) is 0 Å². The van der Waals surface area contributed by atoms with Crippen molar-refractivity contribution in [2.24, 2.45) is 0 Å². The second-order valence-corrected chi connectivity index (χ2v) is 7.16. The summed E-state index contributed by atoms with van der Waals surface area (Å²) in [6.45, 7) is 0. The highest BCUT2D eigenvalue weighted by Gasteiger charge is 2.17. The average Bonchev–Trinajstić information content (AvgIpc) is 3.07. The summed E-state index contributed by atoms with van der Waals surface area (Å²) in [7, 11) is 0. The Morgan fingerprint density at radius 2 is 1.27 bits per heavy atom. The number of hydrogen-bond donors (Lipinski definition) is 0. The van der Waals surface area contributed by atoms with Crippen LogP contribution in [-0.2, 0) is 0 Å². The standard InChI is InChI=1S/C24H15BrO/c25-21-14-7-11-17(16-8-2-1-3-9-16)23(21)20-13-6-12-19-18-10-4-5-15-22(18)26-24(19)20/h1-15H. The highest BCUT2D eigenvalue weighted by Crippen LogP contribution is 2.42. The molecule has 0 aliphatic rings. The lowest BCUT2D eigenvalue weighted by Crippen LogP contribution is -1.87. The van der Waals surface area contributed by atoms with Crippen LogP contribution in [0.4, 0.5) is 0 Å². The quantitative estimate of drug-likeness (QED) is 0.297. The molecule has 0 radical (unpaired) electrons. The fourth-order valence-corrected chi connectivity index (χ4v) is 4.18. The molecule has 5 aromatic rings. The minimum atomic E-state index is 0.920. The van der Waals surface area contributed by atoms with Gasteiger partial charge in [0, 0.05) is 26.4 Å². The van der Waals surface area contributed by atoms with Gasteiger partial charge in [-0.15, -0.1) is 0 Å². The molecule has 0 saturated heterocycles. The molecular formula is C24H15BrO. The minimum Gasteiger partial charge on any atom is -0.455 e. The number of halogens is 1. The zero-order chi connectivity index (χ0) is 17.5. The highest BCUT2D eigenvalue weighted by atomic mass is 79.9. The summed E-state index contributed by atoms with van der Waals surface area (Å²) in [5.74, 6) is 0. The molecule has 1 aromatic heterocycles. The van der Waals surface area contributed by atoms with E-state index in [-0.39, 0.29) is 0 Å². The van der Waals surface area contributed by atoms with E-state index in [0.717, 1.165) is 37.5 Å². The van der Waals surface area contributed by atoms with E-state index in [0.29, 0.717) is 0 Å². The van der Waals surface area contributed by atoms with E-state index in [9.17, 15) is 0 Å². The van der Waals surface area contributed by atoms with E-state index in [4.69, 9.17) is 4.42 Å². The van der Waals surface area contributed by atoms with E-state index >= 15 is 0 Å². The largest absolute Gasteiger partial charge is 0.455 e. The van der Waals surface area contributed by atoms with Crippen molar-refractivity contribution >= 4 is 37.9 Å². The lowest BCUT2D eigenvalue weighted by atomic mass is 9.93. The van der Waals surface area contributed by atoms with Gasteiger partial charge in [-0.05, 0) is 23.3 Å². The van der Waals surface area contributed by atoms with Gasteiger partial charge in [0.15, 0.2) is 0 Å². The van der Waals surface area contributed by atoms with Crippen molar-refractivity contribution in [3.05, 3.63) is 95.5 Å². The van der Waals surface area contributed by atoms with Gasteiger partial charge in [-0.3, -0.25) is 0 Å². The molecule has 4 aromatic carbocycles. The van der Waals surface area contributed by atoms with Gasteiger partial charge >= 0.3 is 0 Å². The molecule has 1 heterocycles. The number of benzene rings is 4. The van der Waals surface area contributed by atoms with Crippen LogP contribution in [0, 0.1) is 0 Å². The first-order chi connectivity index (χ1) is 12.8. The summed E-state index contributed by atoms with van der Waals surface area (Å²) in [5, 5.41) is 2.30. The van der Waals surface area contributed by atoms with Crippen molar-refractivity contribution in [2.45, 2.75) is 0 Å². The Morgan fingerprint density at radius 3 is 2.15 bits per heavy atom. The number of rotatable bonds is 2. The molecule has 0 spiro atoms. The first-order valence-corrected chi connectivity index (χ1v) is 9.37. The lowest BCUT2D eigenvalue weighted by Gasteiger charge is -2.13. The summed E-state index contributed by atoms with van der Waals surface area (Å²) >= 11 is 3.77. The van der Waals surface area contributed by atoms with Crippen LogP contribution in [0.1, 0.15) is 0 Å². The maximum absolute atomic E-state index is 6.26. The number of fused-ring (bicyclic) bond motifs is 3. The Kier molecular flexibility index (Phi) is 3.65. The average molecular weight is 399 g/mol. The van der Waals surface area contributed by atoms with Crippen LogP contribution in [0.25, 0.3) is 44.2 Å². The third-order valence-electron chi connectivity index (χ3n) is 4.77. The summed E-state index contributed by atoms with van der Waals surface area (Å²) < 4.78 is 7.32. The number of para-hydroxylation sites is 2. The molecule has 0 saturated carbocycles. The molecule has 0 fully saturated rings. The van der Waals surface area contributed by atoms with Crippen LogP contribution >= 0.6 is 15.9 Å². The van der Waals surface area contributed by atoms with Crippen LogP contribution in [0.5, 0.6) is 0 Å². The molecule has 1 nitrogen and oxygen atoms in total. The lowest BCUT2D eigenvalue weighted by molar-refractivity contribution is 0.670. The summed E-state index contributed by atoms with van der Waals surface area (Å²) in [6.07, 6.45) is 0. The van der Waals surface area contributed by atoms with Gasteiger partial charge < -0.3 is 4.42 Å². The molecule has 26 heavy (non-hydrogen) atoms. The van der Waals surface area contributed by atoms with Gasteiger partial charge in [-0.1, -0.05) is 94.8 Å². The molecule has 0 amide bonds. The van der Waals surface area contributed by atoms with Crippen molar-refractivity contribution in [3.63, 3.8) is 0 Å². The predicted octanol–water partition coefficient (Wildman–Crippen LogP) is 7.68. The number of hydrogen-bond acceptors (Lipinski definition) is 1. The van der Waals surface area contributed by atoms with E-state index in [2.05, 4.69) is 88.7 Å². The first-order valence-electron chi connectivity index (χ1n) is 8.57. The van der Waals surface area contributed by atoms with E-state index in [1.54, 1.807) is 0 Å². The Balaban J connectivity index is 1.87. The molecule has 0 unspecified atom stereocenters. The summed E-state index contributed by atoms with van der Waals surface area (Å²) in [6, 6.07) is 31.4. The summed E-state index contributed by atoms with van der Waals surface area (Å²) in [5.41, 5.74) is 6.49. The van der Waals surface area contributed by atoms with Gasteiger partial charge in [-0.25, -0.2) is 0 Å². The van der Waals surface area contributed by atoms with Gasteiger partial charge in [0.1, 0.15) is 11.2 Å². The minimum absolute atomic E-state index is 0.920. The van der Waals surface area contributed by atoms with E-state index in [1.165, 1.54) is 11.1 Å². The molecular weight excluding hydrogens is 384 g/mol. The van der Waals surface area contributed by atoms with Crippen molar-refractivity contribution in [2.75, 3.05) is 0 Å². The Hall–Kier alpha value is -2.84. The van der Waals surface area contributed by atoms with E-state index in [1.807, 2.05) is 18.2 Å². The molecule has 0 aliphatic heterocycles. The van der Waals surface area contributed by atoms with Crippen LogP contribution in [0.3, 0.4) is 0 Å². The molecule has 5 rings (SSSR count). The van der Waals surface area contributed by atoms with Crippen LogP contribution in [0.2, 0.25) is 0 Å². The molecule has 0 N–H and O–H groups in total. The van der Waals surface area contributed by atoms with Crippen molar-refractivity contribution in [1.82, 2.24) is 0 Å². The second-order valence-electron chi connectivity index (χ2n) is 6.31. The van der Waals surface area contributed by atoms with Crippen molar-refractivity contribution in [3.8, 4) is 22.3 Å². The SMILES string of the molecule is Brc1cccc(-c2ccccc2)c1-c1cccc2c1oc1ccccc12. The normalized spacial score (nSPS) is 11.3. The molecule has 0 aliphatic carbocycles. The van der Waals surface area contributed by atoms with Crippen LogP contribution in [0.15, 0.2) is 99.9 Å². The van der Waals surface area contributed by atoms with Crippen molar-refractivity contribution in [1.29, 1.82) is 0 Å². The zero-order valence-electron chi connectivity index (χ0n) is 13.9. The maximum Gasteiger partial charge on any atom is 0.143 e. The van der Waals surface area contributed by atoms with Gasteiger partial charge in [0.05, 0.1) is 0 Å². The maximum atomic E-state index is 6.26. The van der Waals surface area contributed by atoms with Crippen molar-refractivity contribution < 1.29 is 4.42 Å². The smallest absolute Gasteiger partial charge is 0.143 e. The van der Waals surface area contributed by atoms with Crippen LogP contribution in [-0.4, -0.2) is 0 Å². The molecule has 2 heteroatoms. The molecule has 0 atom stereocenters. The Morgan fingerprint density at radius 1 is 0.577 bits per heavy atom. The molecule has 0 bridgehead atoms. The van der Waals surface area contributed by atoms with Gasteiger partial charge in [0.25, 0.3) is 0 Å². The second kappa shape index (κ2) is 6.15. The van der Waals surface area contributed by atoms with Crippen LogP contribution < -0.4 is 0 Å². The highest BCUT2D eigenvalue weighted by molar-refractivity contribution is 9.10. The predicted molar refractivity (Wildman–Crippen MR) is 112 cm³/mol. The number of furan rings is 1. The monoisotopic (exact) mass is 398 g/mol.